The molecule has 3 aliphatic rings. The number of fused-ring (bicyclic) bond motifs is 6. The van der Waals surface area contributed by atoms with Gasteiger partial charge >= 0.3 is 5.97 Å². The summed E-state index contributed by atoms with van der Waals surface area (Å²) in [5.41, 5.74) is 3.23. The number of hydrogen-bond donors (Lipinski definition) is 1. The van der Waals surface area contributed by atoms with Crippen LogP contribution in [0.25, 0.3) is 10.9 Å². The molecule has 1 aliphatic carbocycles. The Morgan fingerprint density at radius 2 is 2.07 bits per heavy atom. The number of carbonyl (C=O) groups is 1. The zero-order valence-electron chi connectivity index (χ0n) is 15.6. The first-order valence-electron chi connectivity index (χ1n) is 9.82. The topological polar surface area (TPSA) is 54.7 Å². The van der Waals surface area contributed by atoms with Gasteiger partial charge in [0.25, 0.3) is 0 Å². The molecule has 2 fully saturated rings. The molecule has 146 valence electrons. The molecule has 2 aliphatic heterocycles. The lowest BCUT2D eigenvalue weighted by molar-refractivity contribution is -0.152. The van der Waals surface area contributed by atoms with Gasteiger partial charge in [-0.25, -0.2) is 0 Å². The summed E-state index contributed by atoms with van der Waals surface area (Å²) in [5.74, 6) is 0.903. The number of para-hydroxylation sites is 1. The second kappa shape index (κ2) is 7.02. The Hall–Kier alpha value is -1.72. The van der Waals surface area contributed by atoms with Gasteiger partial charge in [0.15, 0.2) is 0 Å². The molecule has 0 unspecified atom stereocenters. The van der Waals surface area contributed by atoms with Crippen molar-refractivity contribution >= 4 is 29.3 Å². The number of rotatable bonds is 1. The van der Waals surface area contributed by atoms with Crippen molar-refractivity contribution in [3.63, 3.8) is 0 Å². The van der Waals surface area contributed by atoms with Crippen molar-refractivity contribution in [1.29, 1.82) is 0 Å². The number of ether oxygens (including phenoxy) is 1. The second-order valence-electron chi connectivity index (χ2n) is 8.17. The van der Waals surface area contributed by atoms with Crippen LogP contribution in [0.3, 0.4) is 0 Å². The van der Waals surface area contributed by atoms with Gasteiger partial charge in [-0.15, -0.1) is 12.4 Å². The summed E-state index contributed by atoms with van der Waals surface area (Å²) in [5, 5.41) is 12.1. The van der Waals surface area contributed by atoms with Crippen molar-refractivity contribution in [2.45, 2.75) is 38.1 Å². The van der Waals surface area contributed by atoms with Crippen LogP contribution in [-0.2, 0) is 16.0 Å². The van der Waals surface area contributed by atoms with Crippen LogP contribution in [0.15, 0.2) is 24.3 Å². The molecule has 5 rings (SSSR count). The van der Waals surface area contributed by atoms with Crippen molar-refractivity contribution in [1.82, 2.24) is 9.63 Å². The minimum Gasteiger partial charge on any atom is -0.469 e. The fraction of sp³-hybridized carbons (Fsp3) is 0.571. The summed E-state index contributed by atoms with van der Waals surface area (Å²) in [7, 11) is 1.51. The SMILES string of the molecule is COC(=O)[C@H]1CCC[C@H]2CN3CCc4c(n(O)c5ccccc45)[C@@H]3C[C@@H]21.Cl. The molecule has 2 aromatic rings. The van der Waals surface area contributed by atoms with E-state index in [4.69, 9.17) is 4.74 Å². The summed E-state index contributed by atoms with van der Waals surface area (Å²) < 4.78 is 6.52. The lowest BCUT2D eigenvalue weighted by Crippen LogP contribution is -2.50. The third-order valence-corrected chi connectivity index (χ3v) is 7.08. The molecule has 5 nitrogen and oxygen atoms in total. The monoisotopic (exact) mass is 390 g/mol. The maximum Gasteiger partial charge on any atom is 0.308 e. The third kappa shape index (κ3) is 2.74. The Kier molecular flexibility index (Phi) is 4.85. The summed E-state index contributed by atoms with van der Waals surface area (Å²) in [6.45, 7) is 2.07. The van der Waals surface area contributed by atoms with Gasteiger partial charge < -0.3 is 9.94 Å². The standard InChI is InChI=1S/C21H26N2O3.ClH/c1-26-21(24)16-7-4-5-13-12-22-10-9-15-14-6-2-3-8-18(14)23(25)20(15)19(22)11-17(13)16;/h2-3,6,8,13,16-17,19,25H,4-5,7,9-12H2,1H3;1H/t13-,16-,17-,19-;/m0./s1. The normalized spacial score (nSPS) is 30.0. The quantitative estimate of drug-likeness (QED) is 0.594. The molecule has 0 bridgehead atoms. The predicted octanol–water partition coefficient (Wildman–Crippen LogP) is 3.81. The van der Waals surface area contributed by atoms with Crippen molar-refractivity contribution in [2.75, 3.05) is 20.2 Å². The van der Waals surface area contributed by atoms with Crippen LogP contribution in [0.4, 0.5) is 0 Å². The Morgan fingerprint density at radius 3 is 2.89 bits per heavy atom. The molecule has 0 spiro atoms. The molecule has 4 atom stereocenters. The lowest BCUT2D eigenvalue weighted by atomic mass is 9.66. The number of hydrogen-bond acceptors (Lipinski definition) is 4. The highest BCUT2D eigenvalue weighted by molar-refractivity contribution is 5.86. The minimum atomic E-state index is -0.0475. The maximum absolute atomic E-state index is 12.3. The molecule has 1 aromatic heterocycles. The van der Waals surface area contributed by atoms with E-state index in [0.717, 1.165) is 50.0 Å². The van der Waals surface area contributed by atoms with E-state index in [1.165, 1.54) is 29.2 Å². The Balaban J connectivity index is 0.00000180. The number of piperidine rings is 1. The number of esters is 1. The van der Waals surface area contributed by atoms with Crippen LogP contribution < -0.4 is 0 Å². The first kappa shape index (κ1) is 18.6. The molecular formula is C21H27ClN2O3. The maximum atomic E-state index is 12.3. The van der Waals surface area contributed by atoms with E-state index in [1.807, 2.05) is 18.2 Å². The number of methoxy groups -OCH3 is 1. The van der Waals surface area contributed by atoms with Gasteiger partial charge in [-0.2, -0.15) is 4.73 Å². The first-order valence-corrected chi connectivity index (χ1v) is 9.82. The van der Waals surface area contributed by atoms with Crippen molar-refractivity contribution in [2.24, 2.45) is 17.8 Å². The Labute approximate surface area is 165 Å². The highest BCUT2D eigenvalue weighted by Crippen LogP contribution is 2.49. The van der Waals surface area contributed by atoms with E-state index >= 15 is 0 Å². The van der Waals surface area contributed by atoms with Crippen LogP contribution in [0, 0.1) is 17.8 Å². The number of halogens is 1. The van der Waals surface area contributed by atoms with Crippen molar-refractivity contribution in [3.8, 4) is 0 Å². The molecular weight excluding hydrogens is 364 g/mol. The van der Waals surface area contributed by atoms with Crippen LogP contribution in [0.5, 0.6) is 0 Å². The summed E-state index contributed by atoms with van der Waals surface area (Å²) in [6.07, 6.45) is 5.18. The lowest BCUT2D eigenvalue weighted by Gasteiger charge is -2.50. The van der Waals surface area contributed by atoms with Crippen LogP contribution in [-0.4, -0.2) is 41.0 Å². The zero-order valence-corrected chi connectivity index (χ0v) is 16.5. The summed E-state index contributed by atoms with van der Waals surface area (Å²) in [6, 6.07) is 8.31. The molecule has 27 heavy (non-hydrogen) atoms. The predicted molar refractivity (Wildman–Crippen MR) is 105 cm³/mol. The molecule has 1 N–H and O–H groups in total. The smallest absolute Gasteiger partial charge is 0.308 e. The van der Waals surface area contributed by atoms with Crippen LogP contribution in [0.1, 0.15) is 43.0 Å². The number of carbonyl (C=O) groups excluding carboxylic acids is 1. The third-order valence-electron chi connectivity index (χ3n) is 7.08. The average Bonchev–Trinajstić information content (AvgIpc) is 2.98. The molecule has 0 radical (unpaired) electrons. The minimum absolute atomic E-state index is 0. The highest BCUT2D eigenvalue weighted by atomic mass is 35.5. The van der Waals surface area contributed by atoms with Gasteiger partial charge in [-0.05, 0) is 49.1 Å². The molecule has 1 saturated carbocycles. The van der Waals surface area contributed by atoms with Crippen LogP contribution in [0.2, 0.25) is 0 Å². The number of benzene rings is 1. The van der Waals surface area contributed by atoms with Crippen molar-refractivity contribution < 1.29 is 14.7 Å². The molecule has 1 saturated heterocycles. The second-order valence-corrected chi connectivity index (χ2v) is 8.17. The van der Waals surface area contributed by atoms with Gasteiger partial charge in [0.2, 0.25) is 0 Å². The Bertz CT molecular complexity index is 864. The van der Waals surface area contributed by atoms with Gasteiger partial charge in [-0.3, -0.25) is 9.69 Å². The van der Waals surface area contributed by atoms with E-state index < -0.39 is 0 Å². The number of aromatic nitrogens is 1. The molecule has 3 heterocycles. The van der Waals surface area contributed by atoms with Gasteiger partial charge in [0.05, 0.1) is 30.3 Å². The van der Waals surface area contributed by atoms with E-state index in [1.54, 1.807) is 0 Å². The van der Waals surface area contributed by atoms with E-state index in [2.05, 4.69) is 11.0 Å². The first-order chi connectivity index (χ1) is 12.7. The molecule has 1 aromatic carbocycles. The Morgan fingerprint density at radius 1 is 1.26 bits per heavy atom. The van der Waals surface area contributed by atoms with Gasteiger partial charge in [0.1, 0.15) is 0 Å². The van der Waals surface area contributed by atoms with Gasteiger partial charge in [-0.1, -0.05) is 24.6 Å². The zero-order chi connectivity index (χ0) is 17.8. The van der Waals surface area contributed by atoms with Crippen molar-refractivity contribution in [3.05, 3.63) is 35.5 Å². The van der Waals surface area contributed by atoms with E-state index in [-0.39, 0.29) is 30.3 Å². The fourth-order valence-corrected chi connectivity index (χ4v) is 5.92. The summed E-state index contributed by atoms with van der Waals surface area (Å²) in [4.78, 5) is 14.9. The molecule has 0 amide bonds. The largest absolute Gasteiger partial charge is 0.469 e. The van der Waals surface area contributed by atoms with E-state index in [0.29, 0.717) is 11.8 Å². The fourth-order valence-electron chi connectivity index (χ4n) is 5.92. The average molecular weight is 391 g/mol. The van der Waals surface area contributed by atoms with E-state index in [9.17, 15) is 10.0 Å². The van der Waals surface area contributed by atoms with Crippen LogP contribution >= 0.6 is 12.4 Å². The number of nitrogens with zero attached hydrogens (tertiary/aromatic N) is 2. The van der Waals surface area contributed by atoms with Gasteiger partial charge in [0, 0.05) is 18.5 Å². The summed E-state index contributed by atoms with van der Waals surface area (Å²) >= 11 is 0. The highest BCUT2D eigenvalue weighted by Gasteiger charge is 2.47. The molecule has 6 heteroatoms.